The minimum Gasteiger partial charge on any atom is -0.369 e. The van der Waals surface area contributed by atoms with Gasteiger partial charge in [0.1, 0.15) is 5.60 Å². The van der Waals surface area contributed by atoms with E-state index >= 15 is 0 Å². The predicted molar refractivity (Wildman–Crippen MR) is 59.9 cm³/mol. The van der Waals surface area contributed by atoms with Gasteiger partial charge in [0.25, 0.3) is 0 Å². The highest BCUT2D eigenvalue weighted by atomic mass is 16.5. The SMILES string of the molecule is CCNc1n[nH]c2c1C(C)(C)OC2(C)C. The summed E-state index contributed by atoms with van der Waals surface area (Å²) in [5.74, 6) is 0.920. The predicted octanol–water partition coefficient (Wildman–Crippen LogP) is 2.34. The third-order valence-electron chi connectivity index (χ3n) is 2.82. The van der Waals surface area contributed by atoms with Gasteiger partial charge in [0, 0.05) is 6.54 Å². The van der Waals surface area contributed by atoms with E-state index in [0.717, 1.165) is 23.6 Å². The molecule has 0 unspecified atom stereocenters. The molecule has 84 valence electrons. The van der Waals surface area contributed by atoms with Crippen molar-refractivity contribution in [2.45, 2.75) is 45.8 Å². The molecule has 0 aromatic carbocycles. The minimum absolute atomic E-state index is 0.274. The molecule has 0 fully saturated rings. The van der Waals surface area contributed by atoms with Crippen molar-refractivity contribution in [3.05, 3.63) is 11.3 Å². The number of hydrogen-bond donors (Lipinski definition) is 2. The van der Waals surface area contributed by atoms with E-state index in [1.54, 1.807) is 0 Å². The van der Waals surface area contributed by atoms with Crippen molar-refractivity contribution in [2.24, 2.45) is 0 Å². The molecule has 0 bridgehead atoms. The number of nitrogens with one attached hydrogen (secondary N) is 2. The van der Waals surface area contributed by atoms with E-state index in [4.69, 9.17) is 4.74 Å². The number of hydrogen-bond acceptors (Lipinski definition) is 3. The molecule has 1 aromatic heterocycles. The first-order valence-electron chi connectivity index (χ1n) is 5.42. The summed E-state index contributed by atoms with van der Waals surface area (Å²) in [5.41, 5.74) is 1.70. The van der Waals surface area contributed by atoms with Gasteiger partial charge in [-0.25, -0.2) is 0 Å². The van der Waals surface area contributed by atoms with Gasteiger partial charge in [-0.3, -0.25) is 5.10 Å². The lowest BCUT2D eigenvalue weighted by atomic mass is 9.97. The molecule has 0 saturated carbocycles. The van der Waals surface area contributed by atoms with Crippen LogP contribution in [0.25, 0.3) is 0 Å². The highest BCUT2D eigenvalue weighted by molar-refractivity contribution is 5.53. The van der Waals surface area contributed by atoms with Gasteiger partial charge in [0.05, 0.1) is 16.9 Å². The van der Waals surface area contributed by atoms with Gasteiger partial charge in [-0.1, -0.05) is 0 Å². The van der Waals surface area contributed by atoms with Gasteiger partial charge in [0.15, 0.2) is 5.82 Å². The van der Waals surface area contributed by atoms with Gasteiger partial charge in [0.2, 0.25) is 0 Å². The smallest absolute Gasteiger partial charge is 0.154 e. The molecule has 0 aliphatic carbocycles. The normalized spacial score (nSPS) is 21.4. The number of rotatable bonds is 2. The maximum Gasteiger partial charge on any atom is 0.154 e. The van der Waals surface area contributed by atoms with Crippen LogP contribution in [0.1, 0.15) is 45.9 Å². The molecule has 0 radical (unpaired) electrons. The Morgan fingerprint density at radius 1 is 1.27 bits per heavy atom. The number of aromatic amines is 1. The van der Waals surface area contributed by atoms with Crippen molar-refractivity contribution in [1.82, 2.24) is 10.2 Å². The van der Waals surface area contributed by atoms with E-state index in [1.165, 1.54) is 0 Å². The maximum atomic E-state index is 6.02. The third-order valence-corrected chi connectivity index (χ3v) is 2.82. The number of aromatic nitrogens is 2. The van der Waals surface area contributed by atoms with Gasteiger partial charge >= 0.3 is 0 Å². The minimum atomic E-state index is -0.278. The third kappa shape index (κ3) is 1.44. The molecule has 2 rings (SSSR count). The summed E-state index contributed by atoms with van der Waals surface area (Å²) in [6, 6.07) is 0. The van der Waals surface area contributed by atoms with E-state index < -0.39 is 0 Å². The lowest BCUT2D eigenvalue weighted by Gasteiger charge is -2.25. The van der Waals surface area contributed by atoms with E-state index in [0.29, 0.717) is 0 Å². The molecule has 15 heavy (non-hydrogen) atoms. The Morgan fingerprint density at radius 2 is 1.93 bits per heavy atom. The lowest BCUT2D eigenvalue weighted by molar-refractivity contribution is -0.107. The zero-order valence-electron chi connectivity index (χ0n) is 10.1. The second-order valence-corrected chi connectivity index (χ2v) is 4.98. The first-order chi connectivity index (χ1) is 6.88. The van der Waals surface area contributed by atoms with E-state index in [2.05, 4.69) is 50.1 Å². The summed E-state index contributed by atoms with van der Waals surface area (Å²) in [6.45, 7) is 11.2. The van der Waals surface area contributed by atoms with Crippen LogP contribution >= 0.6 is 0 Å². The molecule has 2 N–H and O–H groups in total. The van der Waals surface area contributed by atoms with Crippen LogP contribution in [0.3, 0.4) is 0 Å². The Bertz CT molecular complexity index is 379. The van der Waals surface area contributed by atoms with Crippen LogP contribution in [-0.2, 0) is 15.9 Å². The second kappa shape index (κ2) is 2.98. The summed E-state index contributed by atoms with van der Waals surface area (Å²) < 4.78 is 6.02. The molecule has 4 nitrogen and oxygen atoms in total. The summed E-state index contributed by atoms with van der Waals surface area (Å²) in [6.07, 6.45) is 0. The summed E-state index contributed by atoms with van der Waals surface area (Å²) >= 11 is 0. The van der Waals surface area contributed by atoms with Gasteiger partial charge in [-0.05, 0) is 34.6 Å². The van der Waals surface area contributed by atoms with Crippen LogP contribution in [0.5, 0.6) is 0 Å². The molecule has 1 aliphatic rings. The van der Waals surface area contributed by atoms with Crippen LogP contribution in [0.15, 0.2) is 0 Å². The Kier molecular flexibility index (Phi) is 2.08. The van der Waals surface area contributed by atoms with E-state index in [1.807, 2.05) is 0 Å². The van der Waals surface area contributed by atoms with Crippen LogP contribution < -0.4 is 5.32 Å². The zero-order valence-corrected chi connectivity index (χ0v) is 10.1. The summed E-state index contributed by atoms with van der Waals surface area (Å²) in [5, 5.41) is 10.6. The van der Waals surface area contributed by atoms with Crippen molar-refractivity contribution in [2.75, 3.05) is 11.9 Å². The monoisotopic (exact) mass is 209 g/mol. The molecule has 4 heteroatoms. The second-order valence-electron chi connectivity index (χ2n) is 4.98. The standard InChI is InChI=1S/C11H19N3O/c1-6-12-9-7-8(13-14-9)11(4,5)15-10(7,2)3/h6H2,1-5H3,(H2,12,13,14). The van der Waals surface area contributed by atoms with Crippen molar-refractivity contribution in [3.63, 3.8) is 0 Å². The quantitative estimate of drug-likeness (QED) is 0.786. The molecule has 0 atom stereocenters. The van der Waals surface area contributed by atoms with Crippen LogP contribution in [0, 0.1) is 0 Å². The van der Waals surface area contributed by atoms with Crippen molar-refractivity contribution in [1.29, 1.82) is 0 Å². The first kappa shape index (κ1) is 10.5. The molecule has 1 aliphatic heterocycles. The summed E-state index contributed by atoms with van der Waals surface area (Å²) in [4.78, 5) is 0. The van der Waals surface area contributed by atoms with E-state index in [-0.39, 0.29) is 11.2 Å². The fraction of sp³-hybridized carbons (Fsp3) is 0.727. The van der Waals surface area contributed by atoms with Crippen LogP contribution in [0.2, 0.25) is 0 Å². The Hall–Kier alpha value is -1.03. The van der Waals surface area contributed by atoms with Crippen molar-refractivity contribution < 1.29 is 4.74 Å². The highest BCUT2D eigenvalue weighted by Crippen LogP contribution is 2.48. The average Bonchev–Trinajstić information content (AvgIpc) is 2.54. The highest BCUT2D eigenvalue weighted by Gasteiger charge is 2.46. The van der Waals surface area contributed by atoms with Crippen LogP contribution in [0.4, 0.5) is 5.82 Å². The topological polar surface area (TPSA) is 49.9 Å². The molecular formula is C11H19N3O. The Labute approximate surface area is 90.4 Å². The molecule has 2 heterocycles. The van der Waals surface area contributed by atoms with E-state index in [9.17, 15) is 0 Å². The largest absolute Gasteiger partial charge is 0.369 e. The van der Waals surface area contributed by atoms with Crippen molar-refractivity contribution in [3.8, 4) is 0 Å². The Morgan fingerprint density at radius 3 is 2.53 bits per heavy atom. The zero-order chi connectivity index (χ0) is 11.3. The maximum absolute atomic E-state index is 6.02. The van der Waals surface area contributed by atoms with Crippen LogP contribution in [-0.4, -0.2) is 16.7 Å². The van der Waals surface area contributed by atoms with Gasteiger partial charge in [-0.15, -0.1) is 0 Å². The number of anilines is 1. The lowest BCUT2D eigenvalue weighted by Crippen LogP contribution is -2.24. The van der Waals surface area contributed by atoms with Crippen molar-refractivity contribution >= 4 is 5.82 Å². The fourth-order valence-corrected chi connectivity index (χ4v) is 2.40. The fourth-order valence-electron chi connectivity index (χ4n) is 2.40. The Balaban J connectivity index is 2.53. The number of H-pyrrole nitrogens is 1. The number of fused-ring (bicyclic) bond motifs is 1. The first-order valence-corrected chi connectivity index (χ1v) is 5.42. The molecule has 0 spiro atoms. The molecule has 1 aromatic rings. The molecular weight excluding hydrogens is 190 g/mol. The average molecular weight is 209 g/mol. The summed E-state index contributed by atoms with van der Waals surface area (Å²) in [7, 11) is 0. The number of nitrogens with zero attached hydrogens (tertiary/aromatic N) is 1. The molecule has 0 amide bonds. The molecule has 0 saturated heterocycles. The number of ether oxygens (including phenoxy) is 1. The van der Waals surface area contributed by atoms with Gasteiger partial charge in [-0.2, -0.15) is 5.10 Å². The van der Waals surface area contributed by atoms with Gasteiger partial charge < -0.3 is 10.1 Å².